The molecule has 118 valence electrons. The van der Waals surface area contributed by atoms with Crippen LogP contribution in [0.3, 0.4) is 0 Å². The van der Waals surface area contributed by atoms with Gasteiger partial charge in [0.1, 0.15) is 13.2 Å². The molecular formula is C13H23F3N2O2. The van der Waals surface area contributed by atoms with E-state index < -0.39 is 19.4 Å². The van der Waals surface area contributed by atoms with Gasteiger partial charge in [-0.05, 0) is 45.7 Å². The molecule has 1 heterocycles. The zero-order valence-electron chi connectivity index (χ0n) is 12.0. The summed E-state index contributed by atoms with van der Waals surface area (Å²) in [5.41, 5.74) is 0. The van der Waals surface area contributed by atoms with Gasteiger partial charge >= 0.3 is 6.18 Å². The Labute approximate surface area is 117 Å². The van der Waals surface area contributed by atoms with Crippen molar-refractivity contribution < 1.29 is 22.7 Å². The summed E-state index contributed by atoms with van der Waals surface area (Å²) in [5.74, 6) is 0.0352. The maximum atomic E-state index is 12.0. The van der Waals surface area contributed by atoms with Gasteiger partial charge in [0.25, 0.3) is 0 Å². The number of piperidine rings is 1. The Morgan fingerprint density at radius 2 is 1.95 bits per heavy atom. The summed E-state index contributed by atoms with van der Waals surface area (Å²) in [6.45, 7) is 4.28. The number of carbonyl (C=O) groups is 1. The first-order chi connectivity index (χ1) is 9.29. The lowest BCUT2D eigenvalue weighted by Crippen LogP contribution is -2.44. The van der Waals surface area contributed by atoms with Crippen molar-refractivity contribution in [1.82, 2.24) is 10.2 Å². The van der Waals surface area contributed by atoms with E-state index in [9.17, 15) is 18.0 Å². The fourth-order valence-corrected chi connectivity index (χ4v) is 2.28. The molecular weight excluding hydrogens is 273 g/mol. The van der Waals surface area contributed by atoms with Crippen LogP contribution in [0.4, 0.5) is 13.2 Å². The molecule has 1 amide bonds. The van der Waals surface area contributed by atoms with Crippen LogP contribution in [-0.4, -0.2) is 55.9 Å². The molecule has 0 aromatic rings. The predicted octanol–water partition coefficient (Wildman–Crippen LogP) is 1.80. The Balaban J connectivity index is 2.41. The van der Waals surface area contributed by atoms with Crippen molar-refractivity contribution in [2.75, 3.05) is 32.8 Å². The maximum absolute atomic E-state index is 12.0. The van der Waals surface area contributed by atoms with Crippen LogP contribution in [0.2, 0.25) is 0 Å². The third-order valence-electron chi connectivity index (χ3n) is 3.35. The summed E-state index contributed by atoms with van der Waals surface area (Å²) in [6, 6.07) is -0.0353. The Hall–Kier alpha value is -0.820. The maximum Gasteiger partial charge on any atom is 0.411 e. The summed E-state index contributed by atoms with van der Waals surface area (Å²) in [6.07, 6.45) is -2.42. The molecule has 0 atom stereocenters. The molecule has 1 aliphatic heterocycles. The second-order valence-corrected chi connectivity index (χ2v) is 5.44. The first-order valence-corrected chi connectivity index (χ1v) is 6.94. The summed E-state index contributed by atoms with van der Waals surface area (Å²) in [5, 5.41) is 3.24. The minimum absolute atomic E-state index is 0.0353. The minimum atomic E-state index is -4.39. The number of nitrogens with zero attached hydrogens (tertiary/aromatic N) is 1. The van der Waals surface area contributed by atoms with Crippen LogP contribution < -0.4 is 5.32 Å². The Bertz CT molecular complexity index is 302. The topological polar surface area (TPSA) is 41.6 Å². The van der Waals surface area contributed by atoms with Gasteiger partial charge in [0.05, 0.1) is 0 Å². The summed E-state index contributed by atoms with van der Waals surface area (Å²) >= 11 is 0. The molecule has 0 radical (unpaired) electrons. The van der Waals surface area contributed by atoms with Crippen LogP contribution in [0.5, 0.6) is 0 Å². The molecule has 0 aromatic heterocycles. The molecule has 0 aliphatic carbocycles. The number of rotatable bonds is 6. The van der Waals surface area contributed by atoms with Crippen LogP contribution in [0.25, 0.3) is 0 Å². The largest absolute Gasteiger partial charge is 0.411 e. The van der Waals surface area contributed by atoms with Gasteiger partial charge in [-0.25, -0.2) is 0 Å². The SMILES string of the molecule is CC(C)N(CC1CCNCC1)C(=O)COCC(F)(F)F. The van der Waals surface area contributed by atoms with E-state index in [2.05, 4.69) is 10.1 Å². The van der Waals surface area contributed by atoms with Crippen LogP contribution in [-0.2, 0) is 9.53 Å². The highest BCUT2D eigenvalue weighted by atomic mass is 19.4. The molecule has 0 spiro atoms. The van der Waals surface area contributed by atoms with Crippen molar-refractivity contribution in [3.63, 3.8) is 0 Å². The first-order valence-electron chi connectivity index (χ1n) is 6.94. The number of carbonyl (C=O) groups excluding carboxylic acids is 1. The zero-order valence-corrected chi connectivity index (χ0v) is 12.0. The van der Waals surface area contributed by atoms with Crippen LogP contribution in [0.1, 0.15) is 26.7 Å². The number of amides is 1. The molecule has 0 unspecified atom stereocenters. The molecule has 0 saturated carbocycles. The van der Waals surface area contributed by atoms with E-state index in [0.29, 0.717) is 12.5 Å². The normalized spacial score (nSPS) is 17.5. The van der Waals surface area contributed by atoms with Crippen molar-refractivity contribution in [2.45, 2.75) is 38.9 Å². The number of nitrogens with one attached hydrogen (secondary N) is 1. The average molecular weight is 296 g/mol. The summed E-state index contributed by atoms with van der Waals surface area (Å²) in [7, 11) is 0. The van der Waals surface area contributed by atoms with Gasteiger partial charge in [0, 0.05) is 12.6 Å². The van der Waals surface area contributed by atoms with Gasteiger partial charge in [-0.15, -0.1) is 0 Å². The smallest absolute Gasteiger partial charge is 0.362 e. The van der Waals surface area contributed by atoms with E-state index in [0.717, 1.165) is 25.9 Å². The zero-order chi connectivity index (χ0) is 15.2. The first kappa shape index (κ1) is 17.2. The van der Waals surface area contributed by atoms with Gasteiger partial charge in [-0.3, -0.25) is 4.79 Å². The second-order valence-electron chi connectivity index (χ2n) is 5.44. The molecule has 20 heavy (non-hydrogen) atoms. The van der Waals surface area contributed by atoms with Crippen LogP contribution >= 0.6 is 0 Å². The van der Waals surface area contributed by atoms with E-state index in [1.807, 2.05) is 13.8 Å². The molecule has 0 bridgehead atoms. The van der Waals surface area contributed by atoms with Crippen molar-refractivity contribution in [2.24, 2.45) is 5.92 Å². The van der Waals surface area contributed by atoms with Gasteiger partial charge in [0.15, 0.2) is 0 Å². The highest BCUT2D eigenvalue weighted by Gasteiger charge is 2.29. The lowest BCUT2D eigenvalue weighted by molar-refractivity contribution is -0.178. The van der Waals surface area contributed by atoms with Gasteiger partial charge in [0.2, 0.25) is 5.91 Å². The molecule has 1 N–H and O–H groups in total. The third-order valence-corrected chi connectivity index (χ3v) is 3.35. The molecule has 1 aliphatic rings. The number of ether oxygens (including phenoxy) is 1. The molecule has 7 heteroatoms. The molecule has 4 nitrogen and oxygen atoms in total. The highest BCUT2D eigenvalue weighted by Crippen LogP contribution is 2.17. The number of halogens is 3. The van der Waals surface area contributed by atoms with Gasteiger partial charge in [-0.2, -0.15) is 13.2 Å². The van der Waals surface area contributed by atoms with Gasteiger partial charge in [-0.1, -0.05) is 0 Å². The Kier molecular flexibility index (Phi) is 6.75. The van der Waals surface area contributed by atoms with E-state index >= 15 is 0 Å². The van der Waals surface area contributed by atoms with E-state index in [-0.39, 0.29) is 11.9 Å². The van der Waals surface area contributed by atoms with Crippen molar-refractivity contribution in [3.05, 3.63) is 0 Å². The van der Waals surface area contributed by atoms with Crippen LogP contribution in [0, 0.1) is 5.92 Å². The third kappa shape index (κ3) is 6.56. The van der Waals surface area contributed by atoms with E-state index in [4.69, 9.17) is 0 Å². The Morgan fingerprint density at radius 1 is 1.35 bits per heavy atom. The lowest BCUT2D eigenvalue weighted by Gasteiger charge is -2.32. The van der Waals surface area contributed by atoms with E-state index in [1.54, 1.807) is 4.90 Å². The highest BCUT2D eigenvalue weighted by molar-refractivity contribution is 5.77. The lowest BCUT2D eigenvalue weighted by atomic mass is 9.97. The fraction of sp³-hybridized carbons (Fsp3) is 0.923. The molecule has 1 saturated heterocycles. The summed E-state index contributed by atoms with van der Waals surface area (Å²) in [4.78, 5) is 13.6. The quantitative estimate of drug-likeness (QED) is 0.812. The van der Waals surface area contributed by atoms with Crippen molar-refractivity contribution >= 4 is 5.91 Å². The monoisotopic (exact) mass is 296 g/mol. The number of hydrogen-bond donors (Lipinski definition) is 1. The Morgan fingerprint density at radius 3 is 2.45 bits per heavy atom. The minimum Gasteiger partial charge on any atom is -0.362 e. The number of alkyl halides is 3. The average Bonchev–Trinajstić information content (AvgIpc) is 2.35. The fourth-order valence-electron chi connectivity index (χ4n) is 2.28. The standard InChI is InChI=1S/C13H23F3N2O2/c1-10(2)18(7-11-3-5-17-6-4-11)12(19)8-20-9-13(14,15)16/h10-11,17H,3-9H2,1-2H3. The van der Waals surface area contributed by atoms with Crippen molar-refractivity contribution in [1.29, 1.82) is 0 Å². The van der Waals surface area contributed by atoms with Crippen LogP contribution in [0.15, 0.2) is 0 Å². The second kappa shape index (κ2) is 7.83. The van der Waals surface area contributed by atoms with Crippen molar-refractivity contribution in [3.8, 4) is 0 Å². The number of hydrogen-bond acceptors (Lipinski definition) is 3. The summed E-state index contributed by atoms with van der Waals surface area (Å²) < 4.78 is 40.4. The van der Waals surface area contributed by atoms with E-state index in [1.165, 1.54) is 0 Å². The van der Waals surface area contributed by atoms with Gasteiger partial charge < -0.3 is 15.0 Å². The predicted molar refractivity (Wildman–Crippen MR) is 69.3 cm³/mol. The molecule has 0 aromatic carbocycles. The molecule has 1 fully saturated rings. The molecule has 1 rings (SSSR count).